The predicted molar refractivity (Wildman–Crippen MR) is 121 cm³/mol. The zero-order valence-corrected chi connectivity index (χ0v) is 18.3. The Labute approximate surface area is 185 Å². The summed E-state index contributed by atoms with van der Waals surface area (Å²) in [4.78, 5) is 21.3. The normalized spacial score (nSPS) is 21.6. The molecule has 0 atom stereocenters. The summed E-state index contributed by atoms with van der Waals surface area (Å²) < 4.78 is 6.29. The van der Waals surface area contributed by atoms with Gasteiger partial charge in [0.05, 0.1) is 0 Å². The summed E-state index contributed by atoms with van der Waals surface area (Å²) in [5.41, 5.74) is 2.09. The van der Waals surface area contributed by atoms with Crippen LogP contribution in [0.5, 0.6) is 5.75 Å². The summed E-state index contributed by atoms with van der Waals surface area (Å²) in [7, 11) is 0. The molecule has 1 amide bonds. The number of benzene rings is 1. The molecule has 31 heavy (non-hydrogen) atoms. The molecular formula is C26H33N3O2. The number of likely N-dealkylation sites (tertiary alicyclic amines) is 2. The second-order valence-electron chi connectivity index (χ2n) is 9.31. The number of nitrogens with zero attached hydrogens (tertiary/aromatic N) is 3. The zero-order chi connectivity index (χ0) is 21.0. The average molecular weight is 420 g/mol. The van der Waals surface area contributed by atoms with Crippen molar-refractivity contribution in [2.75, 3.05) is 26.2 Å². The van der Waals surface area contributed by atoms with E-state index in [0.717, 1.165) is 56.1 Å². The van der Waals surface area contributed by atoms with E-state index >= 15 is 0 Å². The van der Waals surface area contributed by atoms with Crippen molar-refractivity contribution in [3.05, 3.63) is 59.9 Å². The molecule has 0 spiro atoms. The summed E-state index contributed by atoms with van der Waals surface area (Å²) in [6.07, 6.45) is 12.2. The first-order valence-electron chi connectivity index (χ1n) is 12.0. The number of carbonyl (C=O) groups is 1. The number of ether oxygens (including phenoxy) is 1. The molecule has 2 saturated heterocycles. The van der Waals surface area contributed by atoms with Crippen molar-refractivity contribution in [1.82, 2.24) is 14.8 Å². The van der Waals surface area contributed by atoms with Gasteiger partial charge in [-0.2, -0.15) is 0 Å². The van der Waals surface area contributed by atoms with E-state index in [9.17, 15) is 4.79 Å². The van der Waals surface area contributed by atoms with Crippen LogP contribution in [0.25, 0.3) is 0 Å². The Morgan fingerprint density at radius 3 is 2.13 bits per heavy atom. The third-order valence-corrected chi connectivity index (χ3v) is 7.43. The minimum Gasteiger partial charge on any atom is -0.490 e. The summed E-state index contributed by atoms with van der Waals surface area (Å²) >= 11 is 0. The monoisotopic (exact) mass is 419 g/mol. The Kier molecular flexibility index (Phi) is 6.21. The Balaban J connectivity index is 1.09. The molecule has 1 aliphatic carbocycles. The zero-order valence-electron chi connectivity index (χ0n) is 18.3. The first-order valence-corrected chi connectivity index (χ1v) is 12.0. The molecule has 1 aromatic heterocycles. The van der Waals surface area contributed by atoms with Crippen molar-refractivity contribution in [2.24, 2.45) is 0 Å². The maximum absolute atomic E-state index is 12.6. The van der Waals surface area contributed by atoms with Gasteiger partial charge in [-0.05, 0) is 74.3 Å². The first kappa shape index (κ1) is 20.5. The fourth-order valence-corrected chi connectivity index (χ4v) is 5.21. The third-order valence-electron chi connectivity index (χ3n) is 7.43. The standard InChI is InChI=1S/C26H33N3O2/c30-26(22-8-14-27-15-9-22)29-16-10-21(11-17-29)20-4-6-24(7-5-20)31-25-12-18-28(19-13-25)23-2-1-3-23/h4-9,14-15,21,23,25H,1-3,10-13,16-19H2. The van der Waals surface area contributed by atoms with Crippen LogP contribution in [0.15, 0.2) is 48.8 Å². The lowest BCUT2D eigenvalue weighted by atomic mass is 9.89. The Morgan fingerprint density at radius 2 is 1.52 bits per heavy atom. The highest BCUT2D eigenvalue weighted by Gasteiger charge is 2.29. The van der Waals surface area contributed by atoms with Crippen LogP contribution in [0, 0.1) is 0 Å². The molecule has 3 heterocycles. The van der Waals surface area contributed by atoms with Crippen molar-refractivity contribution in [3.8, 4) is 5.75 Å². The molecule has 0 radical (unpaired) electrons. The van der Waals surface area contributed by atoms with E-state index in [0.29, 0.717) is 12.0 Å². The van der Waals surface area contributed by atoms with Crippen molar-refractivity contribution in [3.63, 3.8) is 0 Å². The topological polar surface area (TPSA) is 45.7 Å². The highest BCUT2D eigenvalue weighted by Crippen LogP contribution is 2.31. The maximum atomic E-state index is 12.6. The van der Waals surface area contributed by atoms with Crippen LogP contribution in [0.2, 0.25) is 0 Å². The van der Waals surface area contributed by atoms with Crippen LogP contribution in [0.3, 0.4) is 0 Å². The van der Waals surface area contributed by atoms with E-state index in [1.54, 1.807) is 24.5 Å². The summed E-state index contributed by atoms with van der Waals surface area (Å²) in [6.45, 7) is 3.99. The highest BCUT2D eigenvalue weighted by atomic mass is 16.5. The molecule has 0 unspecified atom stereocenters. The lowest BCUT2D eigenvalue weighted by Crippen LogP contribution is -2.46. The van der Waals surface area contributed by atoms with Crippen LogP contribution in [0.1, 0.15) is 66.8 Å². The summed E-state index contributed by atoms with van der Waals surface area (Å²) in [5, 5.41) is 0. The van der Waals surface area contributed by atoms with Gasteiger partial charge in [-0.25, -0.2) is 0 Å². The predicted octanol–water partition coefficient (Wildman–Crippen LogP) is 4.50. The van der Waals surface area contributed by atoms with Gasteiger partial charge in [0.1, 0.15) is 11.9 Å². The van der Waals surface area contributed by atoms with Crippen molar-refractivity contribution in [2.45, 2.75) is 63.0 Å². The number of piperidine rings is 2. The lowest BCUT2D eigenvalue weighted by molar-refractivity contribution is 0.0493. The fourth-order valence-electron chi connectivity index (χ4n) is 5.21. The van der Waals surface area contributed by atoms with Crippen LogP contribution in [-0.2, 0) is 0 Å². The van der Waals surface area contributed by atoms with E-state index in [2.05, 4.69) is 34.1 Å². The molecule has 5 rings (SSSR count). The van der Waals surface area contributed by atoms with Crippen LogP contribution in [0.4, 0.5) is 0 Å². The number of rotatable bonds is 5. The summed E-state index contributed by atoms with van der Waals surface area (Å²) in [5.74, 6) is 1.63. The number of hydrogen-bond acceptors (Lipinski definition) is 4. The lowest BCUT2D eigenvalue weighted by Gasteiger charge is -2.41. The van der Waals surface area contributed by atoms with Crippen molar-refractivity contribution >= 4 is 5.91 Å². The van der Waals surface area contributed by atoms with E-state index < -0.39 is 0 Å². The van der Waals surface area contributed by atoms with E-state index in [1.165, 1.54) is 37.9 Å². The second kappa shape index (κ2) is 9.39. The third kappa shape index (κ3) is 4.77. The molecule has 0 bridgehead atoms. The quantitative estimate of drug-likeness (QED) is 0.716. The molecule has 2 aromatic rings. The van der Waals surface area contributed by atoms with Gasteiger partial charge in [0, 0.05) is 50.2 Å². The number of pyridine rings is 1. The number of amides is 1. The smallest absolute Gasteiger partial charge is 0.253 e. The highest BCUT2D eigenvalue weighted by molar-refractivity contribution is 5.94. The number of carbonyl (C=O) groups excluding carboxylic acids is 1. The van der Waals surface area contributed by atoms with E-state index in [-0.39, 0.29) is 5.91 Å². The maximum Gasteiger partial charge on any atom is 0.253 e. The van der Waals surface area contributed by atoms with Gasteiger partial charge in [-0.1, -0.05) is 18.6 Å². The van der Waals surface area contributed by atoms with Gasteiger partial charge in [0.15, 0.2) is 0 Å². The van der Waals surface area contributed by atoms with Gasteiger partial charge in [0.2, 0.25) is 0 Å². The largest absolute Gasteiger partial charge is 0.490 e. The van der Waals surface area contributed by atoms with Gasteiger partial charge < -0.3 is 14.5 Å². The Morgan fingerprint density at radius 1 is 0.839 bits per heavy atom. The molecule has 3 aliphatic rings. The van der Waals surface area contributed by atoms with Gasteiger partial charge in [0.25, 0.3) is 5.91 Å². The fraction of sp³-hybridized carbons (Fsp3) is 0.538. The summed E-state index contributed by atoms with van der Waals surface area (Å²) in [6, 6.07) is 13.2. The Hall–Kier alpha value is -2.40. The molecule has 5 nitrogen and oxygen atoms in total. The molecular weight excluding hydrogens is 386 g/mol. The van der Waals surface area contributed by atoms with Crippen LogP contribution in [-0.4, -0.2) is 59.0 Å². The molecule has 2 aliphatic heterocycles. The van der Waals surface area contributed by atoms with Crippen molar-refractivity contribution < 1.29 is 9.53 Å². The SMILES string of the molecule is O=C(c1ccncc1)N1CCC(c2ccc(OC3CCN(C4CCC4)CC3)cc2)CC1. The van der Waals surface area contributed by atoms with Crippen LogP contribution >= 0.6 is 0 Å². The van der Waals surface area contributed by atoms with Gasteiger partial charge >= 0.3 is 0 Å². The Bertz CT molecular complexity index is 850. The molecule has 0 N–H and O–H groups in total. The second-order valence-corrected chi connectivity index (χ2v) is 9.31. The van der Waals surface area contributed by atoms with E-state index in [4.69, 9.17) is 4.74 Å². The first-order chi connectivity index (χ1) is 15.3. The van der Waals surface area contributed by atoms with Gasteiger partial charge in [-0.3, -0.25) is 9.78 Å². The van der Waals surface area contributed by atoms with Crippen molar-refractivity contribution in [1.29, 1.82) is 0 Å². The number of hydrogen-bond donors (Lipinski definition) is 0. The van der Waals surface area contributed by atoms with E-state index in [1.807, 2.05) is 4.90 Å². The minimum absolute atomic E-state index is 0.118. The molecule has 5 heteroatoms. The van der Waals surface area contributed by atoms with Gasteiger partial charge in [-0.15, -0.1) is 0 Å². The number of aromatic nitrogens is 1. The average Bonchev–Trinajstić information content (AvgIpc) is 2.80. The molecule has 1 aromatic carbocycles. The molecule has 164 valence electrons. The molecule has 3 fully saturated rings. The van der Waals surface area contributed by atoms with Crippen LogP contribution < -0.4 is 4.74 Å². The molecule has 1 saturated carbocycles. The minimum atomic E-state index is 0.118.